The summed E-state index contributed by atoms with van der Waals surface area (Å²) in [6.07, 6.45) is 5.05. The van der Waals surface area contributed by atoms with Crippen LogP contribution >= 0.6 is 11.6 Å². The van der Waals surface area contributed by atoms with Gasteiger partial charge in [0.1, 0.15) is 0 Å². The van der Waals surface area contributed by atoms with E-state index >= 15 is 0 Å². The van der Waals surface area contributed by atoms with E-state index in [4.69, 9.17) is 11.6 Å². The second-order valence-corrected chi connectivity index (χ2v) is 6.05. The highest BCUT2D eigenvalue weighted by Gasteiger charge is 2.23. The summed E-state index contributed by atoms with van der Waals surface area (Å²) in [6.45, 7) is 9.42. The summed E-state index contributed by atoms with van der Waals surface area (Å²) < 4.78 is 2.03. The first kappa shape index (κ1) is 14.9. The Bertz CT molecular complexity index is 414. The van der Waals surface area contributed by atoms with Crippen molar-refractivity contribution in [3.8, 4) is 0 Å². The third kappa shape index (κ3) is 3.32. The van der Waals surface area contributed by atoms with E-state index in [1.165, 1.54) is 19.3 Å². The van der Waals surface area contributed by atoms with Crippen LogP contribution in [0, 0.1) is 11.8 Å². The van der Waals surface area contributed by atoms with Crippen LogP contribution in [-0.2, 0) is 19.5 Å². The van der Waals surface area contributed by atoms with Crippen LogP contribution in [0.1, 0.15) is 51.4 Å². The minimum Gasteiger partial charge on any atom is -0.311 e. The molecular weight excluding hydrogens is 258 g/mol. The monoisotopic (exact) mass is 283 g/mol. The molecule has 1 saturated carbocycles. The molecule has 2 unspecified atom stereocenters. The van der Waals surface area contributed by atoms with Gasteiger partial charge in [-0.05, 0) is 38.1 Å². The molecule has 2 rings (SSSR count). The molecule has 1 aliphatic carbocycles. The second kappa shape index (κ2) is 6.76. The molecule has 0 amide bonds. The summed E-state index contributed by atoms with van der Waals surface area (Å²) in [5, 5.41) is 9.00. The maximum absolute atomic E-state index is 6.41. The highest BCUT2D eigenvalue weighted by Crippen LogP contribution is 2.30. The minimum absolute atomic E-state index is 0.836. The van der Waals surface area contributed by atoms with Gasteiger partial charge < -0.3 is 5.32 Å². The molecule has 19 heavy (non-hydrogen) atoms. The lowest BCUT2D eigenvalue weighted by Crippen LogP contribution is -2.25. The number of rotatable bonds is 6. The quantitative estimate of drug-likeness (QED) is 0.864. The van der Waals surface area contributed by atoms with Crippen LogP contribution in [0.2, 0.25) is 5.02 Å². The van der Waals surface area contributed by atoms with Crippen molar-refractivity contribution in [3.63, 3.8) is 0 Å². The lowest BCUT2D eigenvalue weighted by atomic mass is 9.98. The van der Waals surface area contributed by atoms with Crippen LogP contribution in [0.4, 0.5) is 0 Å². The third-order valence-electron chi connectivity index (χ3n) is 4.43. The van der Waals surface area contributed by atoms with E-state index in [0.29, 0.717) is 0 Å². The first-order valence-electron chi connectivity index (χ1n) is 7.62. The molecular formula is C15H26ClN3. The highest BCUT2D eigenvalue weighted by molar-refractivity contribution is 6.31. The van der Waals surface area contributed by atoms with Gasteiger partial charge in [0.05, 0.1) is 16.4 Å². The van der Waals surface area contributed by atoms with Crippen molar-refractivity contribution in [2.75, 3.05) is 6.54 Å². The Balaban J connectivity index is 1.93. The van der Waals surface area contributed by atoms with Crippen molar-refractivity contribution >= 4 is 11.6 Å². The smallest absolute Gasteiger partial charge is 0.0863 e. The van der Waals surface area contributed by atoms with Crippen LogP contribution in [0.3, 0.4) is 0 Å². The molecule has 2 atom stereocenters. The molecule has 1 heterocycles. The van der Waals surface area contributed by atoms with Crippen LogP contribution in [0.25, 0.3) is 0 Å². The molecule has 1 fully saturated rings. The Morgan fingerprint density at radius 3 is 2.74 bits per heavy atom. The predicted octanol–water partition coefficient (Wildman–Crippen LogP) is 3.64. The van der Waals surface area contributed by atoms with Crippen LogP contribution in [0.15, 0.2) is 0 Å². The average Bonchev–Trinajstić information content (AvgIpc) is 2.95. The average molecular weight is 284 g/mol. The van der Waals surface area contributed by atoms with Gasteiger partial charge in [0.15, 0.2) is 0 Å². The van der Waals surface area contributed by atoms with Crippen molar-refractivity contribution in [1.82, 2.24) is 15.1 Å². The molecule has 0 bridgehead atoms. The summed E-state index contributed by atoms with van der Waals surface area (Å²) >= 11 is 6.41. The molecule has 1 aromatic heterocycles. The van der Waals surface area contributed by atoms with Crippen molar-refractivity contribution in [1.29, 1.82) is 0 Å². The molecule has 0 radical (unpaired) electrons. The fraction of sp³-hybridized carbons (Fsp3) is 0.800. The van der Waals surface area contributed by atoms with E-state index in [-0.39, 0.29) is 0 Å². The number of aromatic nitrogens is 2. The van der Waals surface area contributed by atoms with Gasteiger partial charge >= 0.3 is 0 Å². The number of hydrogen-bond acceptors (Lipinski definition) is 2. The topological polar surface area (TPSA) is 29.9 Å². The lowest BCUT2D eigenvalue weighted by Gasteiger charge is -2.16. The van der Waals surface area contributed by atoms with Crippen LogP contribution in [-0.4, -0.2) is 16.3 Å². The molecule has 1 aromatic rings. The largest absolute Gasteiger partial charge is 0.311 e. The number of nitrogens with zero attached hydrogens (tertiary/aromatic N) is 2. The Hall–Kier alpha value is -0.540. The van der Waals surface area contributed by atoms with E-state index in [1.807, 2.05) is 4.68 Å². The molecule has 0 spiro atoms. The SMILES string of the molecule is CCc1nn(CC)c(CNCC2CCCC2C)c1Cl. The molecule has 1 aliphatic rings. The number of aryl methyl sites for hydroxylation is 2. The van der Waals surface area contributed by atoms with E-state index in [9.17, 15) is 0 Å². The van der Waals surface area contributed by atoms with Crippen molar-refractivity contribution in [2.24, 2.45) is 11.8 Å². The van der Waals surface area contributed by atoms with Gasteiger partial charge in [0.2, 0.25) is 0 Å². The zero-order valence-electron chi connectivity index (χ0n) is 12.4. The Labute approximate surface area is 121 Å². The fourth-order valence-corrected chi connectivity index (χ4v) is 3.42. The molecule has 0 aromatic carbocycles. The first-order valence-corrected chi connectivity index (χ1v) is 7.99. The Morgan fingerprint density at radius 2 is 2.16 bits per heavy atom. The van der Waals surface area contributed by atoms with Crippen molar-refractivity contribution in [2.45, 2.75) is 59.5 Å². The number of halogens is 1. The van der Waals surface area contributed by atoms with Gasteiger partial charge in [-0.25, -0.2) is 0 Å². The number of hydrogen-bond donors (Lipinski definition) is 1. The molecule has 4 heteroatoms. The predicted molar refractivity (Wildman–Crippen MR) is 80.5 cm³/mol. The third-order valence-corrected chi connectivity index (χ3v) is 4.87. The zero-order chi connectivity index (χ0) is 13.8. The Morgan fingerprint density at radius 1 is 1.37 bits per heavy atom. The van der Waals surface area contributed by atoms with E-state index < -0.39 is 0 Å². The first-order chi connectivity index (χ1) is 9.17. The minimum atomic E-state index is 0.836. The van der Waals surface area contributed by atoms with Gasteiger partial charge in [0.25, 0.3) is 0 Å². The molecule has 108 valence electrons. The summed E-state index contributed by atoms with van der Waals surface area (Å²) in [7, 11) is 0. The van der Waals surface area contributed by atoms with Crippen molar-refractivity contribution < 1.29 is 0 Å². The van der Waals surface area contributed by atoms with Gasteiger partial charge in [-0.1, -0.05) is 38.3 Å². The van der Waals surface area contributed by atoms with E-state index in [2.05, 4.69) is 31.2 Å². The molecule has 3 nitrogen and oxygen atoms in total. The van der Waals surface area contributed by atoms with E-state index in [0.717, 1.165) is 54.3 Å². The standard InChI is InChI=1S/C15H26ClN3/c1-4-13-15(16)14(19(5-2)18-13)10-17-9-12-8-6-7-11(12)3/h11-12,17H,4-10H2,1-3H3. The maximum atomic E-state index is 6.41. The van der Waals surface area contributed by atoms with Crippen molar-refractivity contribution in [3.05, 3.63) is 16.4 Å². The van der Waals surface area contributed by atoms with Crippen LogP contribution in [0.5, 0.6) is 0 Å². The highest BCUT2D eigenvalue weighted by atomic mass is 35.5. The summed E-state index contributed by atoms with van der Waals surface area (Å²) in [6, 6.07) is 0. The summed E-state index contributed by atoms with van der Waals surface area (Å²) in [5.41, 5.74) is 2.17. The van der Waals surface area contributed by atoms with Gasteiger partial charge in [0, 0.05) is 13.1 Å². The zero-order valence-corrected chi connectivity index (χ0v) is 13.1. The number of nitrogens with one attached hydrogen (secondary N) is 1. The molecule has 1 N–H and O–H groups in total. The molecule has 0 saturated heterocycles. The van der Waals surface area contributed by atoms with Gasteiger partial charge in [-0.15, -0.1) is 0 Å². The fourth-order valence-electron chi connectivity index (χ4n) is 3.09. The summed E-state index contributed by atoms with van der Waals surface area (Å²) in [5.74, 6) is 1.70. The van der Waals surface area contributed by atoms with Gasteiger partial charge in [-0.2, -0.15) is 5.10 Å². The normalized spacial score (nSPS) is 23.2. The van der Waals surface area contributed by atoms with Gasteiger partial charge in [-0.3, -0.25) is 4.68 Å². The maximum Gasteiger partial charge on any atom is 0.0863 e. The second-order valence-electron chi connectivity index (χ2n) is 5.68. The van der Waals surface area contributed by atoms with E-state index in [1.54, 1.807) is 0 Å². The summed E-state index contributed by atoms with van der Waals surface area (Å²) in [4.78, 5) is 0. The lowest BCUT2D eigenvalue weighted by molar-refractivity contribution is 0.388. The molecule has 0 aliphatic heterocycles. The Kier molecular flexibility index (Phi) is 5.28. The van der Waals surface area contributed by atoms with Crippen LogP contribution < -0.4 is 5.32 Å².